The summed E-state index contributed by atoms with van der Waals surface area (Å²) in [7, 11) is -2.77. The van der Waals surface area contributed by atoms with Crippen molar-refractivity contribution < 1.29 is 8.42 Å². The zero-order valence-electron chi connectivity index (χ0n) is 10.5. The third-order valence-corrected chi connectivity index (χ3v) is 4.99. The van der Waals surface area contributed by atoms with E-state index < -0.39 is 9.84 Å². The van der Waals surface area contributed by atoms with Crippen LogP contribution < -0.4 is 5.32 Å². The summed E-state index contributed by atoms with van der Waals surface area (Å²) in [6.45, 7) is 4.36. The van der Waals surface area contributed by atoms with E-state index in [4.69, 9.17) is 0 Å². The van der Waals surface area contributed by atoms with Crippen LogP contribution in [0.1, 0.15) is 39.5 Å². The van der Waals surface area contributed by atoms with E-state index in [2.05, 4.69) is 19.2 Å². The molecule has 2 fully saturated rings. The first-order valence-electron chi connectivity index (χ1n) is 6.22. The second-order valence-electron chi connectivity index (χ2n) is 6.29. The van der Waals surface area contributed by atoms with Crippen LogP contribution in [-0.4, -0.2) is 32.5 Å². The molecule has 3 nitrogen and oxygen atoms in total. The van der Waals surface area contributed by atoms with Crippen LogP contribution in [0.4, 0.5) is 0 Å². The van der Waals surface area contributed by atoms with Gasteiger partial charge in [-0.2, -0.15) is 0 Å². The first kappa shape index (κ1) is 12.4. The molecular weight excluding hydrogens is 222 g/mol. The topological polar surface area (TPSA) is 46.2 Å². The zero-order valence-corrected chi connectivity index (χ0v) is 11.3. The number of nitrogens with one attached hydrogen (secondary N) is 1. The Kier molecular flexibility index (Phi) is 3.08. The van der Waals surface area contributed by atoms with E-state index in [0.29, 0.717) is 29.2 Å². The van der Waals surface area contributed by atoms with Crippen molar-refractivity contribution in [2.24, 2.45) is 11.3 Å². The van der Waals surface area contributed by atoms with Crippen LogP contribution in [0, 0.1) is 11.3 Å². The molecule has 16 heavy (non-hydrogen) atoms. The van der Waals surface area contributed by atoms with E-state index in [1.807, 2.05) is 0 Å². The molecule has 0 radical (unpaired) electrons. The Labute approximate surface area is 98.9 Å². The van der Waals surface area contributed by atoms with Crippen molar-refractivity contribution in [3.8, 4) is 0 Å². The van der Waals surface area contributed by atoms with Crippen LogP contribution in [0.25, 0.3) is 0 Å². The monoisotopic (exact) mass is 245 g/mol. The van der Waals surface area contributed by atoms with Crippen molar-refractivity contribution in [3.63, 3.8) is 0 Å². The molecule has 0 aliphatic heterocycles. The fraction of sp³-hybridized carbons (Fsp3) is 1.00. The number of sulfone groups is 1. The van der Waals surface area contributed by atoms with Crippen LogP contribution in [0.5, 0.6) is 0 Å². The summed E-state index contributed by atoms with van der Waals surface area (Å²) < 4.78 is 22.3. The molecule has 0 aromatic rings. The highest BCUT2D eigenvalue weighted by molar-refractivity contribution is 7.90. The van der Waals surface area contributed by atoms with E-state index in [1.165, 1.54) is 19.1 Å². The van der Waals surface area contributed by atoms with Gasteiger partial charge in [0.25, 0.3) is 0 Å². The summed E-state index contributed by atoms with van der Waals surface area (Å²) in [5.41, 5.74) is 0.516. The Morgan fingerprint density at radius 2 is 1.81 bits per heavy atom. The summed E-state index contributed by atoms with van der Waals surface area (Å²) in [5, 5.41) is 3.55. The summed E-state index contributed by atoms with van der Waals surface area (Å²) in [6.07, 6.45) is 6.13. The Bertz CT molecular complexity index is 347. The third kappa shape index (κ3) is 2.77. The Balaban J connectivity index is 1.70. The minimum Gasteiger partial charge on any atom is -0.312 e. The second-order valence-corrected chi connectivity index (χ2v) is 8.48. The van der Waals surface area contributed by atoms with Crippen LogP contribution >= 0.6 is 0 Å². The quantitative estimate of drug-likeness (QED) is 0.818. The summed E-state index contributed by atoms with van der Waals surface area (Å²) in [6, 6.07) is 1.24. The molecule has 94 valence electrons. The van der Waals surface area contributed by atoms with Gasteiger partial charge < -0.3 is 5.32 Å². The molecule has 1 spiro atoms. The lowest BCUT2D eigenvalue weighted by Crippen LogP contribution is -2.57. The average Bonchev–Trinajstić information content (AvgIpc) is 1.92. The molecule has 0 heterocycles. The predicted octanol–water partition coefficient (Wildman–Crippen LogP) is 1.59. The maximum Gasteiger partial charge on any atom is 0.147 e. The molecule has 0 aromatic heterocycles. The van der Waals surface area contributed by atoms with Crippen LogP contribution in [0.2, 0.25) is 0 Å². The van der Waals surface area contributed by atoms with Crippen LogP contribution in [0.15, 0.2) is 0 Å². The standard InChI is InChI=1S/C12H23NO2S/c1-9(2)13-11-6-12(7-11)4-10(5-12)8-16(3,14)15/h9-11,13H,4-8H2,1-3H3. The molecule has 2 aliphatic rings. The normalized spacial score (nSPS) is 38.5. The Morgan fingerprint density at radius 1 is 1.25 bits per heavy atom. The molecule has 4 heteroatoms. The van der Waals surface area contributed by atoms with E-state index >= 15 is 0 Å². The highest BCUT2D eigenvalue weighted by Crippen LogP contribution is 2.58. The van der Waals surface area contributed by atoms with Gasteiger partial charge in [-0.3, -0.25) is 0 Å². The van der Waals surface area contributed by atoms with E-state index in [0.717, 1.165) is 12.8 Å². The zero-order chi connectivity index (χ0) is 12.0. The maximum absolute atomic E-state index is 11.1. The van der Waals surface area contributed by atoms with Gasteiger partial charge in [0.2, 0.25) is 0 Å². The lowest BCUT2D eigenvalue weighted by molar-refractivity contribution is -0.0429. The number of hydrogen-bond acceptors (Lipinski definition) is 3. The fourth-order valence-corrected chi connectivity index (χ4v) is 4.71. The highest BCUT2D eigenvalue weighted by atomic mass is 32.2. The Morgan fingerprint density at radius 3 is 2.25 bits per heavy atom. The molecule has 1 N–H and O–H groups in total. The third-order valence-electron chi connectivity index (χ3n) is 3.91. The van der Waals surface area contributed by atoms with E-state index in [-0.39, 0.29) is 0 Å². The van der Waals surface area contributed by atoms with Crippen molar-refractivity contribution in [2.45, 2.75) is 51.6 Å². The van der Waals surface area contributed by atoms with Gasteiger partial charge in [0, 0.05) is 18.3 Å². The first-order valence-corrected chi connectivity index (χ1v) is 8.28. The SMILES string of the molecule is CC(C)NC1CC2(CC(CS(C)(=O)=O)C2)C1. The minimum atomic E-state index is -2.77. The second kappa shape index (κ2) is 3.98. The molecule has 2 saturated carbocycles. The molecular formula is C12H23NO2S. The van der Waals surface area contributed by atoms with E-state index in [1.54, 1.807) is 0 Å². The summed E-state index contributed by atoms with van der Waals surface area (Å²) in [5.74, 6) is 0.840. The summed E-state index contributed by atoms with van der Waals surface area (Å²) in [4.78, 5) is 0. The smallest absolute Gasteiger partial charge is 0.147 e. The predicted molar refractivity (Wildman–Crippen MR) is 66.2 cm³/mol. The molecule has 0 aromatic carbocycles. The van der Waals surface area contributed by atoms with Gasteiger partial charge in [-0.15, -0.1) is 0 Å². The van der Waals surface area contributed by atoms with Gasteiger partial charge in [-0.25, -0.2) is 8.42 Å². The fourth-order valence-electron chi connectivity index (χ4n) is 3.62. The van der Waals surface area contributed by atoms with Crippen molar-refractivity contribution in [1.29, 1.82) is 0 Å². The minimum absolute atomic E-state index is 0.400. The largest absolute Gasteiger partial charge is 0.312 e. The van der Waals surface area contributed by atoms with Crippen LogP contribution in [-0.2, 0) is 9.84 Å². The molecule has 0 unspecified atom stereocenters. The van der Waals surface area contributed by atoms with Crippen molar-refractivity contribution in [3.05, 3.63) is 0 Å². The first-order chi connectivity index (χ1) is 7.28. The highest BCUT2D eigenvalue weighted by Gasteiger charge is 2.52. The lowest BCUT2D eigenvalue weighted by Gasteiger charge is -2.58. The average molecular weight is 245 g/mol. The lowest BCUT2D eigenvalue weighted by atomic mass is 9.50. The van der Waals surface area contributed by atoms with Crippen molar-refractivity contribution in [2.75, 3.05) is 12.0 Å². The van der Waals surface area contributed by atoms with Gasteiger partial charge in [-0.05, 0) is 37.0 Å². The molecule has 0 bridgehead atoms. The molecule has 0 saturated heterocycles. The van der Waals surface area contributed by atoms with Crippen molar-refractivity contribution >= 4 is 9.84 Å². The van der Waals surface area contributed by atoms with Crippen molar-refractivity contribution in [1.82, 2.24) is 5.32 Å². The summed E-state index contributed by atoms with van der Waals surface area (Å²) >= 11 is 0. The van der Waals surface area contributed by atoms with Gasteiger partial charge in [0.05, 0.1) is 5.75 Å². The molecule has 0 amide bonds. The van der Waals surface area contributed by atoms with Gasteiger partial charge in [0.15, 0.2) is 0 Å². The Hall–Kier alpha value is -0.0900. The van der Waals surface area contributed by atoms with Crippen LogP contribution in [0.3, 0.4) is 0 Å². The number of rotatable bonds is 4. The van der Waals surface area contributed by atoms with Gasteiger partial charge >= 0.3 is 0 Å². The molecule has 2 rings (SSSR count). The maximum atomic E-state index is 11.1. The van der Waals surface area contributed by atoms with Gasteiger partial charge in [0.1, 0.15) is 9.84 Å². The number of hydrogen-bond donors (Lipinski definition) is 1. The van der Waals surface area contributed by atoms with E-state index in [9.17, 15) is 8.42 Å². The molecule has 0 atom stereocenters. The van der Waals surface area contributed by atoms with Gasteiger partial charge in [-0.1, -0.05) is 13.8 Å². The molecule has 2 aliphatic carbocycles.